The number of nitrogens with one attached hydrogen (secondary N) is 4. The topological polar surface area (TPSA) is 189 Å². The number of likely N-dealkylation sites (N-methyl/N-ethyl adjacent to an activating group) is 2. The van der Waals surface area contributed by atoms with Crippen LogP contribution in [0.4, 0.5) is 28.4 Å². The highest BCUT2D eigenvalue weighted by Crippen LogP contribution is 2.42. The summed E-state index contributed by atoms with van der Waals surface area (Å²) in [5, 5.41) is 11.9. The first kappa shape index (κ1) is 56.3. The summed E-state index contributed by atoms with van der Waals surface area (Å²) >= 11 is 0. The van der Waals surface area contributed by atoms with Gasteiger partial charge in [0.2, 0.25) is 11.8 Å². The van der Waals surface area contributed by atoms with Gasteiger partial charge in [-0.05, 0) is 104 Å². The molecular weight excluding hydrogens is 951 g/mol. The van der Waals surface area contributed by atoms with Gasteiger partial charge in [0, 0.05) is 73.1 Å². The number of rotatable bonds is 22. The molecule has 0 fully saturated rings. The van der Waals surface area contributed by atoms with Gasteiger partial charge in [-0.25, -0.2) is 0 Å². The van der Waals surface area contributed by atoms with Crippen LogP contribution in [0.5, 0.6) is 23.0 Å². The number of hydrogen-bond acceptors (Lipinski definition) is 13. The Morgan fingerprint density at radius 1 is 0.840 bits per heavy atom. The fraction of sp³-hybridized carbons (Fsp3) is 0.356. The van der Waals surface area contributed by atoms with Gasteiger partial charge >= 0.3 is 0 Å². The third-order valence-electron chi connectivity index (χ3n) is 12.9. The van der Waals surface area contributed by atoms with Crippen molar-refractivity contribution in [3.05, 3.63) is 137 Å². The van der Waals surface area contributed by atoms with E-state index in [1.807, 2.05) is 60.8 Å². The number of aliphatic imine (C=N–C) groups is 1. The molecule has 4 N–H and O–H groups in total. The van der Waals surface area contributed by atoms with E-state index in [0.29, 0.717) is 76.9 Å². The van der Waals surface area contributed by atoms with Crippen LogP contribution >= 0.6 is 0 Å². The standard InChI is InChI=1S/C47H48N6O7.C9H15NO2.C3H8/c1-28(48-2)46(55)51-34-15-29(26-59-44-21-38(33(25-54)19-42(44)57-4)49-23-35-17-31-10-6-8-12-40(31)52(35)3)14-30(16-34)27-60-45-22-39-37(20-43(45)58-5)47(56)53-36(24-50-39)18-32-11-7-9-13-41(32)53;1-2-3-4-5-6-9(12)10-7-8-11;1-3-2/h6-16,19-22,24-25,28,35-36,48-49H,17-18,23,26-27H2,1-5H3,(H,51,55);2,8H,1,3-7H2,(H,10,12);3H2,1-2H3/t28?,35?,36-;;/m0../s1. The molecule has 3 heterocycles. The zero-order valence-electron chi connectivity index (χ0n) is 44.2. The van der Waals surface area contributed by atoms with Crippen LogP contribution in [0.15, 0.2) is 109 Å². The van der Waals surface area contributed by atoms with E-state index in [9.17, 15) is 24.0 Å². The Morgan fingerprint density at radius 3 is 2.11 bits per heavy atom. The van der Waals surface area contributed by atoms with Crippen molar-refractivity contribution in [2.24, 2.45) is 4.99 Å². The summed E-state index contributed by atoms with van der Waals surface area (Å²) in [6.45, 7) is 10.5. The highest BCUT2D eigenvalue weighted by molar-refractivity contribution is 6.14. The first-order valence-electron chi connectivity index (χ1n) is 25.5. The van der Waals surface area contributed by atoms with Crippen LogP contribution in [-0.2, 0) is 40.4 Å². The first-order chi connectivity index (χ1) is 36.4. The summed E-state index contributed by atoms with van der Waals surface area (Å²) in [6, 6.07) is 28.3. The summed E-state index contributed by atoms with van der Waals surface area (Å²) in [6.07, 6.45) is 11.3. The number of aldehydes is 2. The smallest absolute Gasteiger partial charge is 0.261 e. The maximum Gasteiger partial charge on any atom is 0.261 e. The van der Waals surface area contributed by atoms with Crippen LogP contribution in [-0.4, -0.2) is 96.0 Å². The van der Waals surface area contributed by atoms with E-state index < -0.39 is 6.04 Å². The van der Waals surface area contributed by atoms with Crippen LogP contribution in [0.1, 0.15) is 95.8 Å². The molecule has 0 aliphatic carbocycles. The molecule has 3 amide bonds. The summed E-state index contributed by atoms with van der Waals surface area (Å²) in [5.74, 6) is 1.23. The van der Waals surface area contributed by atoms with E-state index in [0.717, 1.165) is 54.3 Å². The second kappa shape index (κ2) is 27.9. The van der Waals surface area contributed by atoms with Crippen molar-refractivity contribution in [1.82, 2.24) is 10.6 Å². The molecule has 8 rings (SSSR count). The number of methoxy groups -OCH3 is 2. The minimum atomic E-state index is -0.439. The molecule has 16 nitrogen and oxygen atoms in total. The zero-order valence-corrected chi connectivity index (χ0v) is 44.2. The van der Waals surface area contributed by atoms with Crippen LogP contribution in [0.25, 0.3) is 0 Å². The summed E-state index contributed by atoms with van der Waals surface area (Å²) in [5.41, 5.74) is 8.52. The molecule has 0 bridgehead atoms. The third kappa shape index (κ3) is 14.6. The second-order valence-corrected chi connectivity index (χ2v) is 18.4. The number of para-hydroxylation sites is 2. The van der Waals surface area contributed by atoms with Gasteiger partial charge in [-0.3, -0.25) is 29.1 Å². The molecule has 5 aromatic rings. The Balaban J connectivity index is 0.000000534. The highest BCUT2D eigenvalue weighted by Gasteiger charge is 2.36. The predicted octanol–water partition coefficient (Wildman–Crippen LogP) is 9.45. The summed E-state index contributed by atoms with van der Waals surface area (Å²) in [4.78, 5) is 68.7. The summed E-state index contributed by atoms with van der Waals surface area (Å²) in [7, 11) is 6.87. The maximum absolute atomic E-state index is 13.9. The molecule has 3 aliphatic heterocycles. The number of allylic oxidation sites excluding steroid dienone is 1. The van der Waals surface area contributed by atoms with Gasteiger partial charge in [-0.15, -0.1) is 6.58 Å². The van der Waals surface area contributed by atoms with Gasteiger partial charge < -0.3 is 49.9 Å². The van der Waals surface area contributed by atoms with Crippen LogP contribution < -0.4 is 50.0 Å². The number of benzene rings is 5. The van der Waals surface area contributed by atoms with Gasteiger partial charge in [-0.2, -0.15) is 0 Å². The Labute approximate surface area is 440 Å². The Bertz CT molecular complexity index is 2830. The van der Waals surface area contributed by atoms with Gasteiger partial charge in [0.15, 0.2) is 29.3 Å². The van der Waals surface area contributed by atoms with E-state index >= 15 is 0 Å². The molecular formula is C59H71N7O9. The molecule has 0 radical (unpaired) electrons. The lowest BCUT2D eigenvalue weighted by Crippen LogP contribution is -2.37. The van der Waals surface area contributed by atoms with E-state index in [2.05, 4.69) is 71.8 Å². The van der Waals surface area contributed by atoms with Crippen molar-refractivity contribution in [3.63, 3.8) is 0 Å². The lowest BCUT2D eigenvalue weighted by Gasteiger charge is -2.24. The molecule has 396 valence electrons. The first-order valence-corrected chi connectivity index (χ1v) is 25.5. The SMILES string of the molecule is C=CCCCCC(=O)NCC=O.CCC.CNC(C)C(=O)Nc1cc(COc2cc3c(cc2OC)C(=O)N2c4ccccc4C[C@H]2C=N3)cc(COc2cc(NCC3Cc4ccccc4N3C)c(C=O)cc2OC)c1. The van der Waals surface area contributed by atoms with Crippen molar-refractivity contribution >= 4 is 64.9 Å². The van der Waals surface area contributed by atoms with Crippen molar-refractivity contribution in [2.45, 2.75) is 97.1 Å². The van der Waals surface area contributed by atoms with E-state index in [1.54, 1.807) is 43.1 Å². The van der Waals surface area contributed by atoms with Crippen molar-refractivity contribution in [3.8, 4) is 23.0 Å². The fourth-order valence-electron chi connectivity index (χ4n) is 8.86. The maximum atomic E-state index is 13.9. The minimum absolute atomic E-state index is 0.0498. The molecule has 0 saturated heterocycles. The number of fused-ring (bicyclic) bond motifs is 5. The van der Waals surface area contributed by atoms with Crippen molar-refractivity contribution in [1.29, 1.82) is 0 Å². The van der Waals surface area contributed by atoms with E-state index in [4.69, 9.17) is 23.9 Å². The molecule has 2 unspecified atom stereocenters. The van der Waals surface area contributed by atoms with Crippen molar-refractivity contribution in [2.75, 3.05) is 61.8 Å². The quantitative estimate of drug-likeness (QED) is 0.0293. The molecule has 75 heavy (non-hydrogen) atoms. The lowest BCUT2D eigenvalue weighted by atomic mass is 10.1. The number of anilines is 4. The van der Waals surface area contributed by atoms with Gasteiger partial charge in [0.1, 0.15) is 19.5 Å². The van der Waals surface area contributed by atoms with Gasteiger partial charge in [-0.1, -0.05) is 62.7 Å². The Morgan fingerprint density at radius 2 is 1.48 bits per heavy atom. The second-order valence-electron chi connectivity index (χ2n) is 18.4. The van der Waals surface area contributed by atoms with Crippen LogP contribution in [0, 0.1) is 0 Å². The minimum Gasteiger partial charge on any atom is -0.493 e. The Kier molecular flexibility index (Phi) is 20.9. The Hall–Kier alpha value is -7.98. The van der Waals surface area contributed by atoms with E-state index in [1.165, 1.54) is 31.9 Å². The van der Waals surface area contributed by atoms with Crippen molar-refractivity contribution < 1.29 is 42.9 Å². The van der Waals surface area contributed by atoms with Crippen LogP contribution in [0.3, 0.4) is 0 Å². The molecule has 16 heteroatoms. The third-order valence-corrected chi connectivity index (χ3v) is 12.9. The molecule has 3 aliphatic rings. The van der Waals surface area contributed by atoms with Gasteiger partial charge in [0.25, 0.3) is 5.91 Å². The van der Waals surface area contributed by atoms with Crippen LogP contribution in [0.2, 0.25) is 0 Å². The summed E-state index contributed by atoms with van der Waals surface area (Å²) < 4.78 is 24.2. The number of carbonyl (C=O) groups is 5. The number of amides is 3. The number of carbonyl (C=O) groups excluding carboxylic acids is 5. The molecule has 5 aromatic carbocycles. The largest absolute Gasteiger partial charge is 0.493 e. The molecule has 0 spiro atoms. The highest BCUT2D eigenvalue weighted by atomic mass is 16.5. The zero-order chi connectivity index (χ0) is 53.9. The number of ether oxygens (including phenoxy) is 4. The predicted molar refractivity (Wildman–Crippen MR) is 297 cm³/mol. The monoisotopic (exact) mass is 1020 g/mol. The normalized spacial score (nSPS) is 14.9. The number of unbranched alkanes of at least 4 members (excludes halogenated alkanes) is 2. The molecule has 0 aromatic heterocycles. The number of hydrogen-bond donors (Lipinski definition) is 4. The van der Waals surface area contributed by atoms with Gasteiger partial charge in [0.05, 0.1) is 50.1 Å². The molecule has 3 atom stereocenters. The molecule has 0 saturated carbocycles. The average Bonchev–Trinajstić information content (AvgIpc) is 3.92. The lowest BCUT2D eigenvalue weighted by molar-refractivity contribution is -0.122. The number of nitrogens with zero attached hydrogens (tertiary/aromatic N) is 3. The fourth-order valence-corrected chi connectivity index (χ4v) is 8.86. The average molecular weight is 1020 g/mol. The van der Waals surface area contributed by atoms with E-state index in [-0.39, 0.29) is 49.6 Å².